The molecule has 1 aromatic carbocycles. The normalized spacial score (nSPS) is 21.6. The summed E-state index contributed by atoms with van der Waals surface area (Å²) in [5.41, 5.74) is 4.57. The number of rotatable bonds is 8. The maximum atomic E-state index is 13.0. The number of nitrogens with zero attached hydrogens (tertiary/aromatic N) is 4. The van der Waals surface area contributed by atoms with Gasteiger partial charge in [0, 0.05) is 48.1 Å². The van der Waals surface area contributed by atoms with E-state index in [1.807, 2.05) is 19.1 Å². The minimum Gasteiger partial charge on any atom is -0.352 e. The Morgan fingerprint density at radius 2 is 1.95 bits per heavy atom. The van der Waals surface area contributed by atoms with E-state index in [9.17, 15) is 18.5 Å². The Bertz CT molecular complexity index is 1450. The van der Waals surface area contributed by atoms with Crippen LogP contribution in [0, 0.1) is 30.1 Å². The topological polar surface area (TPSA) is 106 Å². The van der Waals surface area contributed by atoms with E-state index in [2.05, 4.69) is 27.2 Å². The van der Waals surface area contributed by atoms with Crippen molar-refractivity contribution in [3.05, 3.63) is 53.1 Å². The van der Waals surface area contributed by atoms with Gasteiger partial charge in [-0.25, -0.2) is 13.4 Å². The number of anilines is 2. The number of amides is 1. The second-order valence-corrected chi connectivity index (χ2v) is 12.8. The summed E-state index contributed by atoms with van der Waals surface area (Å²) in [5.74, 6) is 2.11. The van der Waals surface area contributed by atoms with E-state index < -0.39 is 10.0 Å². The molecule has 9 heteroatoms. The third-order valence-electron chi connectivity index (χ3n) is 8.26. The van der Waals surface area contributed by atoms with E-state index in [1.54, 1.807) is 12.1 Å². The molecular weight excluding hydrogens is 498 g/mol. The highest BCUT2D eigenvalue weighted by molar-refractivity contribution is 7.95. The smallest absolute Gasteiger partial charge is 0.254 e. The van der Waals surface area contributed by atoms with E-state index in [4.69, 9.17) is 4.98 Å². The highest BCUT2D eigenvalue weighted by atomic mass is 32.2. The highest BCUT2D eigenvalue weighted by Gasteiger charge is 2.45. The molecule has 198 valence electrons. The first kappa shape index (κ1) is 24.9. The zero-order valence-corrected chi connectivity index (χ0v) is 22.5. The van der Waals surface area contributed by atoms with E-state index >= 15 is 0 Å². The first-order valence-electron chi connectivity index (χ1n) is 13.6. The molecule has 4 aliphatic rings. The molecule has 1 N–H and O–H groups in total. The monoisotopic (exact) mass is 531 g/mol. The highest BCUT2D eigenvalue weighted by Crippen LogP contribution is 2.47. The molecule has 2 aromatic rings. The van der Waals surface area contributed by atoms with Gasteiger partial charge in [-0.15, -0.1) is 0 Å². The summed E-state index contributed by atoms with van der Waals surface area (Å²) in [5, 5.41) is 11.2. The Morgan fingerprint density at radius 1 is 1.18 bits per heavy atom. The Hall–Kier alpha value is -3.38. The molecule has 1 saturated heterocycles. The Balaban J connectivity index is 1.37. The number of sulfonamides is 1. The summed E-state index contributed by atoms with van der Waals surface area (Å²) in [6.07, 6.45) is 6.42. The number of hydrogen-bond acceptors (Lipinski definition) is 6. The van der Waals surface area contributed by atoms with Crippen LogP contribution in [-0.2, 0) is 14.8 Å². The van der Waals surface area contributed by atoms with Crippen LogP contribution in [0.3, 0.4) is 0 Å². The van der Waals surface area contributed by atoms with Gasteiger partial charge in [-0.2, -0.15) is 5.26 Å². The van der Waals surface area contributed by atoms with Gasteiger partial charge < -0.3 is 9.80 Å². The van der Waals surface area contributed by atoms with E-state index in [1.165, 1.54) is 0 Å². The number of hydrogen-bond donors (Lipinski definition) is 1. The molecule has 8 nitrogen and oxygen atoms in total. The van der Waals surface area contributed by atoms with Gasteiger partial charge in [-0.1, -0.05) is 18.7 Å². The average Bonchev–Trinajstić information content (AvgIpc) is 3.77. The van der Waals surface area contributed by atoms with E-state index in [0.29, 0.717) is 48.6 Å². The van der Waals surface area contributed by atoms with Crippen molar-refractivity contribution < 1.29 is 13.2 Å². The number of nitriles is 1. The minimum atomic E-state index is -3.64. The standard InChI is InChI=1S/C29H33N5O3S/c1-3-38(36,37)32-23-6-4-5-22(15-23)26-18(2)24(16-30)28(31-27(26)20-9-10-20)33-13-14-34(29(35)21-11-12-21)25(17-33)19-7-8-19/h3-6,15,19-21,25,32H,1,7-14,17H2,2H3. The van der Waals surface area contributed by atoms with Crippen LogP contribution in [0.2, 0.25) is 0 Å². The van der Waals surface area contributed by atoms with Crippen LogP contribution >= 0.6 is 0 Å². The van der Waals surface area contributed by atoms with Crippen molar-refractivity contribution in [2.75, 3.05) is 29.3 Å². The molecule has 3 saturated carbocycles. The number of aromatic nitrogens is 1. The molecule has 0 spiro atoms. The maximum Gasteiger partial charge on any atom is 0.254 e. The van der Waals surface area contributed by atoms with Crippen LogP contribution < -0.4 is 9.62 Å². The maximum absolute atomic E-state index is 13.0. The van der Waals surface area contributed by atoms with Gasteiger partial charge in [-0.3, -0.25) is 9.52 Å². The predicted octanol–water partition coefficient (Wildman–Crippen LogP) is 4.53. The lowest BCUT2D eigenvalue weighted by atomic mass is 9.93. The molecular formula is C29H33N5O3S. The van der Waals surface area contributed by atoms with Crippen LogP contribution in [0.5, 0.6) is 0 Å². The van der Waals surface area contributed by atoms with Crippen LogP contribution in [0.15, 0.2) is 36.3 Å². The fourth-order valence-electron chi connectivity index (χ4n) is 5.76. The van der Waals surface area contributed by atoms with Gasteiger partial charge >= 0.3 is 0 Å². The first-order chi connectivity index (χ1) is 18.3. The number of benzene rings is 1. The van der Waals surface area contributed by atoms with Crippen LogP contribution in [0.1, 0.15) is 61.3 Å². The lowest BCUT2D eigenvalue weighted by Gasteiger charge is -2.43. The van der Waals surface area contributed by atoms with Gasteiger partial charge in [0.25, 0.3) is 10.0 Å². The Morgan fingerprint density at radius 3 is 2.58 bits per heavy atom. The summed E-state index contributed by atoms with van der Waals surface area (Å²) in [4.78, 5) is 22.5. The Labute approximate surface area is 224 Å². The number of piperazine rings is 1. The first-order valence-corrected chi connectivity index (χ1v) is 15.1. The third kappa shape index (κ3) is 4.78. The van der Waals surface area contributed by atoms with Gasteiger partial charge in [-0.05, 0) is 74.6 Å². The quantitative estimate of drug-likeness (QED) is 0.537. The molecule has 38 heavy (non-hydrogen) atoms. The summed E-state index contributed by atoms with van der Waals surface area (Å²) in [6.45, 7) is 7.40. The second kappa shape index (κ2) is 9.42. The molecule has 1 unspecified atom stereocenters. The zero-order chi connectivity index (χ0) is 26.6. The van der Waals surface area contributed by atoms with Crippen LogP contribution in [0.25, 0.3) is 11.1 Å². The zero-order valence-electron chi connectivity index (χ0n) is 21.7. The molecule has 6 rings (SSSR count). The second-order valence-electron chi connectivity index (χ2n) is 11.1. The molecule has 0 bridgehead atoms. The largest absolute Gasteiger partial charge is 0.352 e. The molecule has 3 aliphatic carbocycles. The average molecular weight is 532 g/mol. The SMILES string of the molecule is C=CS(=O)(=O)Nc1cccc(-c2c(C3CC3)nc(N3CCN(C(=O)C4CC4)C(C4CC4)C3)c(C#N)c2C)c1. The van der Waals surface area contributed by atoms with Crippen molar-refractivity contribution in [3.63, 3.8) is 0 Å². The molecule has 0 radical (unpaired) electrons. The van der Waals surface area contributed by atoms with E-state index in [-0.39, 0.29) is 12.0 Å². The number of carbonyl (C=O) groups excluding carboxylic acids is 1. The molecule has 4 fully saturated rings. The molecule has 1 amide bonds. The fourth-order valence-corrected chi connectivity index (χ4v) is 6.30. The fraction of sp³-hybridized carbons (Fsp3) is 0.483. The van der Waals surface area contributed by atoms with Crippen molar-refractivity contribution in [2.24, 2.45) is 11.8 Å². The van der Waals surface area contributed by atoms with Gasteiger partial charge in [0.05, 0.1) is 17.3 Å². The lowest BCUT2D eigenvalue weighted by Crippen LogP contribution is -2.57. The van der Waals surface area contributed by atoms with Gasteiger partial charge in [0.1, 0.15) is 11.9 Å². The van der Waals surface area contributed by atoms with Crippen molar-refractivity contribution in [1.82, 2.24) is 9.88 Å². The van der Waals surface area contributed by atoms with Crippen molar-refractivity contribution in [2.45, 2.75) is 57.4 Å². The van der Waals surface area contributed by atoms with Gasteiger partial charge in [0.15, 0.2) is 0 Å². The summed E-state index contributed by atoms with van der Waals surface area (Å²) in [6, 6.07) is 9.86. The van der Waals surface area contributed by atoms with Crippen LogP contribution in [0.4, 0.5) is 11.5 Å². The van der Waals surface area contributed by atoms with E-state index in [0.717, 1.165) is 72.1 Å². The third-order valence-corrected chi connectivity index (χ3v) is 9.22. The van der Waals surface area contributed by atoms with Crippen molar-refractivity contribution >= 4 is 27.4 Å². The molecule has 1 atom stereocenters. The lowest BCUT2D eigenvalue weighted by molar-refractivity contribution is -0.135. The number of nitrogens with one attached hydrogen (secondary N) is 1. The molecule has 1 aliphatic heterocycles. The minimum absolute atomic E-state index is 0.184. The van der Waals surface area contributed by atoms with Crippen LogP contribution in [-0.4, -0.2) is 49.9 Å². The number of carbonyl (C=O) groups is 1. The molecule has 1 aromatic heterocycles. The summed E-state index contributed by atoms with van der Waals surface area (Å²) >= 11 is 0. The Kier molecular flexibility index (Phi) is 6.18. The summed E-state index contributed by atoms with van der Waals surface area (Å²) in [7, 11) is -3.64. The van der Waals surface area contributed by atoms with Crippen molar-refractivity contribution in [1.29, 1.82) is 5.26 Å². The number of pyridine rings is 1. The van der Waals surface area contributed by atoms with Gasteiger partial charge in [0.2, 0.25) is 5.91 Å². The molecule has 2 heterocycles. The summed E-state index contributed by atoms with van der Waals surface area (Å²) < 4.78 is 26.6. The predicted molar refractivity (Wildman–Crippen MR) is 147 cm³/mol. The van der Waals surface area contributed by atoms with Crippen molar-refractivity contribution in [3.8, 4) is 17.2 Å².